The summed E-state index contributed by atoms with van der Waals surface area (Å²) < 4.78 is 218. The number of benzene rings is 7. The Hall–Kier alpha value is -5.84. The number of furan rings is 1. The van der Waals surface area contributed by atoms with Gasteiger partial charge in [0.15, 0.2) is 5.82 Å². The van der Waals surface area contributed by atoms with Crippen LogP contribution in [0, 0.1) is 0 Å². The zero-order valence-electron chi connectivity index (χ0n) is 46.7. The molecule has 0 fully saturated rings. The highest BCUT2D eigenvalue weighted by atomic mass is 32.1. The summed E-state index contributed by atoms with van der Waals surface area (Å²) in [7, 11) is 0. The monoisotopic (exact) mass is 628 g/mol. The molecule has 0 unspecified atom stereocenters. The van der Waals surface area contributed by atoms with Crippen molar-refractivity contribution in [2.45, 2.75) is 0 Å². The topological polar surface area (TPSA) is 38.9 Å². The molecule has 3 aromatic heterocycles. The van der Waals surface area contributed by atoms with Gasteiger partial charge in [0.1, 0.15) is 11.2 Å². The Labute approximate surface area is 301 Å². The Bertz CT molecular complexity index is 4160. The van der Waals surface area contributed by atoms with Crippen LogP contribution in [0.3, 0.4) is 0 Å². The predicted octanol–water partition coefficient (Wildman–Crippen LogP) is 12.1. The molecule has 3 nitrogen and oxygen atoms in total. The van der Waals surface area contributed by atoms with Crippen molar-refractivity contribution in [2.24, 2.45) is 0 Å². The van der Waals surface area contributed by atoms with E-state index in [2.05, 4.69) is 9.97 Å². The molecule has 0 spiro atoms. The lowest BCUT2D eigenvalue weighted by atomic mass is 9.93. The second kappa shape index (κ2) is 9.83. The molecule has 0 bridgehead atoms. The minimum Gasteiger partial charge on any atom is -0.456 e. The van der Waals surface area contributed by atoms with Crippen LogP contribution in [-0.4, -0.2) is 9.97 Å². The number of hydrogen-bond acceptors (Lipinski definition) is 4. The lowest BCUT2D eigenvalue weighted by Gasteiger charge is -2.11. The van der Waals surface area contributed by atoms with Crippen molar-refractivity contribution in [1.29, 1.82) is 0 Å². The highest BCUT2D eigenvalue weighted by molar-refractivity contribution is 7.26. The van der Waals surface area contributed by atoms with E-state index in [1.165, 1.54) is 0 Å². The Morgan fingerprint density at radius 2 is 1.28 bits per heavy atom. The van der Waals surface area contributed by atoms with E-state index < -0.39 is 222 Å². The third kappa shape index (κ3) is 3.77. The maximum Gasteiger partial charge on any atom is 0.161 e. The quantitative estimate of drug-likeness (QED) is 0.183. The molecule has 214 valence electrons. The van der Waals surface area contributed by atoms with Gasteiger partial charge in [0.2, 0.25) is 0 Å². The lowest BCUT2D eigenvalue weighted by Crippen LogP contribution is -1.94. The van der Waals surface area contributed by atoms with Gasteiger partial charge in [-0.1, -0.05) is 115 Å². The summed E-state index contributed by atoms with van der Waals surface area (Å²) >= 11 is 0.728. The molecule has 0 amide bonds. The van der Waals surface area contributed by atoms with Gasteiger partial charge in [-0.3, -0.25) is 0 Å². The van der Waals surface area contributed by atoms with E-state index in [1.54, 1.807) is 0 Å². The van der Waals surface area contributed by atoms with Crippen LogP contribution in [-0.2, 0) is 0 Å². The Morgan fingerprint density at radius 1 is 0.522 bits per heavy atom. The molecule has 0 aliphatic carbocycles. The Kier molecular flexibility index (Phi) is 2.46. The maximum atomic E-state index is 9.61. The molecule has 0 aliphatic rings. The van der Waals surface area contributed by atoms with Crippen LogP contribution in [0.15, 0.2) is 149 Å². The molecule has 0 radical (unpaired) electrons. The average molecular weight is 629 g/mol. The molecule has 0 saturated carbocycles. The molecule has 7 aromatic carbocycles. The number of aromatic nitrogens is 2. The summed E-state index contributed by atoms with van der Waals surface area (Å²) in [5.41, 5.74) is -4.16. The molecular formula is C42H24N2OS. The first-order valence-electron chi connectivity index (χ1n) is 25.5. The summed E-state index contributed by atoms with van der Waals surface area (Å²) in [6, 6.07) is -18.4. The Balaban J connectivity index is 1.40. The average Bonchev–Trinajstić information content (AvgIpc) is 3.93. The minimum absolute atomic E-state index is 0.0668. The molecule has 0 N–H and O–H groups in total. The number of rotatable bonds is 3. The molecule has 0 atom stereocenters. The molecule has 4 heteroatoms. The van der Waals surface area contributed by atoms with E-state index >= 15 is 0 Å². The normalized spacial score (nSPS) is 19.2. The van der Waals surface area contributed by atoms with Crippen LogP contribution in [0.2, 0.25) is 0 Å². The van der Waals surface area contributed by atoms with E-state index in [-0.39, 0.29) is 20.3 Å². The van der Waals surface area contributed by atoms with Crippen LogP contribution in [0.4, 0.5) is 0 Å². The van der Waals surface area contributed by atoms with Gasteiger partial charge in [0, 0.05) is 32.0 Å². The van der Waals surface area contributed by atoms with Gasteiger partial charge in [0.05, 0.1) is 48.8 Å². The van der Waals surface area contributed by atoms with Crippen LogP contribution in [0.1, 0.15) is 32.9 Å². The number of thiophene rings is 1. The van der Waals surface area contributed by atoms with E-state index in [0.717, 1.165) is 11.3 Å². The fourth-order valence-corrected chi connectivity index (χ4v) is 6.45. The van der Waals surface area contributed by atoms with Crippen molar-refractivity contribution in [2.75, 3.05) is 0 Å². The summed E-state index contributed by atoms with van der Waals surface area (Å²) in [6.45, 7) is 0. The van der Waals surface area contributed by atoms with Crippen molar-refractivity contribution >= 4 is 75.1 Å². The minimum atomic E-state index is -0.905. The summed E-state index contributed by atoms with van der Waals surface area (Å²) in [5.74, 6) is -0.603. The maximum absolute atomic E-state index is 9.61. The zero-order chi connectivity index (χ0) is 51.1. The van der Waals surface area contributed by atoms with E-state index in [9.17, 15) is 6.85 Å². The van der Waals surface area contributed by atoms with Crippen molar-refractivity contribution in [3.63, 3.8) is 0 Å². The number of fused-ring (bicyclic) bond motifs is 9. The van der Waals surface area contributed by atoms with Crippen LogP contribution < -0.4 is 0 Å². The van der Waals surface area contributed by atoms with Gasteiger partial charge < -0.3 is 4.42 Å². The van der Waals surface area contributed by atoms with Crippen molar-refractivity contribution in [3.05, 3.63) is 145 Å². The first kappa shape index (κ1) is 11.5. The van der Waals surface area contributed by atoms with Crippen LogP contribution in [0.5, 0.6) is 0 Å². The van der Waals surface area contributed by atoms with Crippen LogP contribution >= 0.6 is 11.3 Å². The Morgan fingerprint density at radius 3 is 2.17 bits per heavy atom. The van der Waals surface area contributed by atoms with Gasteiger partial charge in [0.25, 0.3) is 0 Å². The zero-order valence-corrected chi connectivity index (χ0v) is 23.5. The van der Waals surface area contributed by atoms with Gasteiger partial charge in [-0.05, 0) is 62.9 Å². The first-order chi connectivity index (χ1) is 32.8. The summed E-state index contributed by atoms with van der Waals surface area (Å²) in [4.78, 5) is 9.25. The largest absolute Gasteiger partial charge is 0.456 e. The van der Waals surface area contributed by atoms with E-state index in [0.29, 0.717) is 0 Å². The highest BCUT2D eigenvalue weighted by Gasteiger charge is 2.20. The first-order valence-corrected chi connectivity index (χ1v) is 14.3. The smallest absolute Gasteiger partial charge is 0.161 e. The molecule has 3 heterocycles. The van der Waals surface area contributed by atoms with Crippen molar-refractivity contribution in [1.82, 2.24) is 9.97 Å². The molecule has 0 aliphatic heterocycles. The molecule has 0 saturated heterocycles. The fourth-order valence-electron chi connectivity index (χ4n) is 5.41. The highest BCUT2D eigenvalue weighted by Crippen LogP contribution is 2.43. The van der Waals surface area contributed by atoms with Crippen LogP contribution in [0.25, 0.3) is 97.6 Å². The summed E-state index contributed by atoms with van der Waals surface area (Å²) in [6.07, 6.45) is 0. The molecule has 10 aromatic rings. The molecule has 46 heavy (non-hydrogen) atoms. The van der Waals surface area contributed by atoms with Crippen molar-refractivity contribution < 1.29 is 37.3 Å². The van der Waals surface area contributed by atoms with Gasteiger partial charge >= 0.3 is 0 Å². The fraction of sp³-hybridized carbons (Fsp3) is 0. The molecule has 10 rings (SSSR count). The molecular weight excluding hydrogens is 581 g/mol. The van der Waals surface area contributed by atoms with Crippen molar-refractivity contribution in [3.8, 4) is 33.8 Å². The third-order valence-corrected chi connectivity index (χ3v) is 8.47. The third-order valence-electron chi connectivity index (χ3n) is 7.37. The van der Waals surface area contributed by atoms with Gasteiger partial charge in [-0.25, -0.2) is 9.97 Å². The lowest BCUT2D eigenvalue weighted by molar-refractivity contribution is 0.669. The van der Waals surface area contributed by atoms with E-state index in [1.807, 2.05) is 0 Å². The number of hydrogen-bond donors (Lipinski definition) is 0. The second-order valence-corrected chi connectivity index (χ2v) is 10.9. The number of nitrogens with zero attached hydrogens (tertiary/aromatic N) is 2. The summed E-state index contributed by atoms with van der Waals surface area (Å²) in [5, 5.41) is -3.06. The van der Waals surface area contributed by atoms with Gasteiger partial charge in [-0.15, -0.1) is 11.3 Å². The second-order valence-electron chi connectivity index (χ2n) is 9.89. The SMILES string of the molecule is [2H]c1c([2H])c([2H])c(-c2nc(-c3c([2H])c([2H])c([2H])c4oc5c([2H])c(-c6c([2H])c7c([2H])c([2H])c([2H])c([2H])c7c7c([2H])c([2H])c([2H])c([2H])c67)c([2H])c([2H])c5c34)nc3c2sc2c([2H])c([2H])c([2H])c([2H])c23)c([2H])c1[2H]. The predicted molar refractivity (Wildman–Crippen MR) is 194 cm³/mol. The standard InChI is InChI=1S/C42H24N2OS/c1-2-11-25(12-3-1)39-41-40(32-17-8-9-20-37(32)46-41)44-42(43-39)33-18-10-19-35-38(33)31-22-21-27(24-36(31)45-35)34-23-26-13-4-5-14-28(26)29-15-6-7-16-30(29)34/h1-24H/i1D,2D,3D,4D,5D,6D,7D,8D,9D,10D,11D,12D,13D,14D,15D,16D,17D,18D,19D,20D,21D,22D,23D,24D. The van der Waals surface area contributed by atoms with Gasteiger partial charge in [-0.2, -0.15) is 0 Å². The van der Waals surface area contributed by atoms with E-state index in [4.69, 9.17) is 30.5 Å².